The number of halogens is 1. The van der Waals surface area contributed by atoms with E-state index in [1.165, 1.54) is 29.2 Å². The zero-order chi connectivity index (χ0) is 15.4. The number of carbonyl (C=O) groups excluding carboxylic acids is 3. The van der Waals surface area contributed by atoms with Crippen LogP contribution in [0.4, 0.5) is 4.39 Å². The van der Waals surface area contributed by atoms with Crippen molar-refractivity contribution in [2.45, 2.75) is 5.82 Å². The smallest absolute Gasteiger partial charge is 0.498 e. The molecule has 1 atom stereocenters. The van der Waals surface area contributed by atoms with Gasteiger partial charge >= 0.3 is 19.1 Å². The molecule has 1 saturated heterocycles. The van der Waals surface area contributed by atoms with Gasteiger partial charge in [-0.2, -0.15) is 0 Å². The molecule has 1 heterocycles. The summed E-state index contributed by atoms with van der Waals surface area (Å²) in [5.41, 5.74) is 0.394. The minimum atomic E-state index is -1.35. The zero-order valence-electron chi connectivity index (χ0n) is 11.3. The number of likely N-dealkylation sites (N-methyl/N-ethyl adjacent to an activating group) is 1. The van der Waals surface area contributed by atoms with Gasteiger partial charge in [0.2, 0.25) is 0 Å². The lowest BCUT2D eigenvalue weighted by Gasteiger charge is -2.25. The fourth-order valence-electron chi connectivity index (χ4n) is 1.99. The predicted molar refractivity (Wildman–Crippen MR) is 70.6 cm³/mol. The van der Waals surface area contributed by atoms with Gasteiger partial charge < -0.3 is 14.1 Å². The monoisotopic (exact) mass is 293 g/mol. The number of rotatable bonds is 3. The summed E-state index contributed by atoms with van der Waals surface area (Å²) in [6, 6.07) is 5.10. The van der Waals surface area contributed by atoms with Crippen molar-refractivity contribution in [3.05, 3.63) is 35.6 Å². The van der Waals surface area contributed by atoms with Crippen molar-refractivity contribution in [2.75, 3.05) is 20.1 Å². The Kier molecular flexibility index (Phi) is 4.69. The maximum Gasteiger partial charge on any atom is 0.614 e. The number of carbonyl (C=O) groups is 3. The lowest BCUT2D eigenvalue weighted by Crippen LogP contribution is -2.45. The van der Waals surface area contributed by atoms with E-state index in [0.29, 0.717) is 11.8 Å². The van der Waals surface area contributed by atoms with Crippen LogP contribution in [-0.2, 0) is 23.7 Å². The van der Waals surface area contributed by atoms with Crippen LogP contribution in [0.3, 0.4) is 0 Å². The Balaban J connectivity index is 2.22. The van der Waals surface area contributed by atoms with E-state index in [4.69, 9.17) is 9.31 Å². The second-order valence-electron chi connectivity index (χ2n) is 4.73. The topological polar surface area (TPSA) is 72.9 Å². The van der Waals surface area contributed by atoms with E-state index in [-0.39, 0.29) is 13.1 Å². The summed E-state index contributed by atoms with van der Waals surface area (Å²) in [7, 11) is 0.224. The van der Waals surface area contributed by atoms with Crippen LogP contribution < -0.4 is 0 Å². The summed E-state index contributed by atoms with van der Waals surface area (Å²) in [6.07, 6.45) is 0.504. The molecular formula is C13H13BFNO5. The standard InChI is InChI=1S/C13H13BFNO5/c1-16-6-12(18)20-14(21-13(19)7-16)11(8-17)9-2-4-10(15)5-3-9/h2-5,8,11H,6-7H2,1H3. The van der Waals surface area contributed by atoms with Gasteiger partial charge in [0.25, 0.3) is 0 Å². The van der Waals surface area contributed by atoms with Crippen molar-refractivity contribution in [3.63, 3.8) is 0 Å². The van der Waals surface area contributed by atoms with Crippen molar-refractivity contribution in [3.8, 4) is 0 Å². The molecule has 0 radical (unpaired) electrons. The van der Waals surface area contributed by atoms with E-state index < -0.39 is 30.7 Å². The van der Waals surface area contributed by atoms with Crippen molar-refractivity contribution in [2.24, 2.45) is 0 Å². The molecule has 6 nitrogen and oxygen atoms in total. The van der Waals surface area contributed by atoms with Gasteiger partial charge in [0, 0.05) is 0 Å². The van der Waals surface area contributed by atoms with E-state index in [1.54, 1.807) is 7.05 Å². The van der Waals surface area contributed by atoms with Gasteiger partial charge in [-0.3, -0.25) is 14.5 Å². The Morgan fingerprint density at radius 2 is 1.71 bits per heavy atom. The molecule has 0 spiro atoms. The number of nitrogens with zero attached hydrogens (tertiary/aromatic N) is 1. The SMILES string of the molecule is CN1CC(=O)OB(C(C=O)c2ccc(F)cc2)OC(=O)C1. The Morgan fingerprint density at radius 3 is 2.19 bits per heavy atom. The van der Waals surface area contributed by atoms with Crippen LogP contribution in [0, 0.1) is 5.82 Å². The molecule has 1 unspecified atom stereocenters. The third-order valence-electron chi connectivity index (χ3n) is 2.99. The third kappa shape index (κ3) is 3.88. The van der Waals surface area contributed by atoms with Crippen molar-refractivity contribution in [1.82, 2.24) is 4.90 Å². The predicted octanol–water partition coefficient (Wildman–Crippen LogP) is 0.167. The summed E-state index contributed by atoms with van der Waals surface area (Å²) in [5.74, 6) is -2.67. The minimum Gasteiger partial charge on any atom is -0.498 e. The molecule has 1 aliphatic rings. The van der Waals surface area contributed by atoms with Gasteiger partial charge in [-0.1, -0.05) is 12.1 Å². The molecule has 0 bridgehead atoms. The lowest BCUT2D eigenvalue weighted by molar-refractivity contribution is -0.145. The maximum absolute atomic E-state index is 12.9. The van der Waals surface area contributed by atoms with Gasteiger partial charge in [-0.15, -0.1) is 0 Å². The molecule has 0 aromatic heterocycles. The van der Waals surface area contributed by atoms with Crippen LogP contribution in [0.2, 0.25) is 0 Å². The zero-order valence-corrected chi connectivity index (χ0v) is 11.3. The normalized spacial score (nSPS) is 18.3. The van der Waals surface area contributed by atoms with E-state index in [2.05, 4.69) is 0 Å². The second kappa shape index (κ2) is 6.49. The molecule has 110 valence electrons. The molecule has 8 heteroatoms. The molecule has 1 fully saturated rings. The Hall–Kier alpha value is -2.22. The first-order chi connectivity index (χ1) is 9.99. The van der Waals surface area contributed by atoms with Gasteiger partial charge in [0.05, 0.1) is 13.1 Å². The largest absolute Gasteiger partial charge is 0.614 e. The average molecular weight is 293 g/mol. The first-order valence-corrected chi connectivity index (χ1v) is 6.28. The molecule has 1 aromatic carbocycles. The van der Waals surface area contributed by atoms with Crippen molar-refractivity contribution in [1.29, 1.82) is 0 Å². The quantitative estimate of drug-likeness (QED) is 0.584. The molecule has 21 heavy (non-hydrogen) atoms. The molecule has 0 N–H and O–H groups in total. The van der Waals surface area contributed by atoms with Crippen LogP contribution in [0.25, 0.3) is 0 Å². The fourth-order valence-corrected chi connectivity index (χ4v) is 1.99. The number of hydrogen-bond donors (Lipinski definition) is 0. The molecule has 0 amide bonds. The highest BCUT2D eigenvalue weighted by atomic mass is 19.1. The van der Waals surface area contributed by atoms with Crippen LogP contribution in [-0.4, -0.2) is 50.4 Å². The number of benzene rings is 1. The number of aldehydes is 1. The van der Waals surface area contributed by atoms with Gasteiger partial charge in [0.1, 0.15) is 17.9 Å². The molecule has 2 rings (SSSR count). The lowest BCUT2D eigenvalue weighted by atomic mass is 9.68. The van der Waals surface area contributed by atoms with Gasteiger partial charge in [-0.25, -0.2) is 4.39 Å². The van der Waals surface area contributed by atoms with Gasteiger partial charge in [-0.05, 0) is 24.7 Å². The van der Waals surface area contributed by atoms with E-state index in [1.807, 2.05) is 0 Å². The minimum absolute atomic E-state index is 0.0827. The average Bonchev–Trinajstić information content (AvgIpc) is 2.39. The van der Waals surface area contributed by atoms with Crippen molar-refractivity contribution < 1.29 is 28.1 Å². The molecular weight excluding hydrogens is 280 g/mol. The first kappa shape index (κ1) is 15.2. The summed E-state index contributed by atoms with van der Waals surface area (Å²) in [6.45, 7) is -0.165. The summed E-state index contributed by atoms with van der Waals surface area (Å²) in [5, 5.41) is 0. The van der Waals surface area contributed by atoms with Crippen LogP contribution >= 0.6 is 0 Å². The molecule has 0 saturated carbocycles. The fraction of sp³-hybridized carbons (Fsp3) is 0.308. The molecule has 0 aliphatic carbocycles. The van der Waals surface area contributed by atoms with Crippen molar-refractivity contribution >= 4 is 25.3 Å². The maximum atomic E-state index is 12.9. The van der Waals surface area contributed by atoms with E-state index in [0.717, 1.165) is 0 Å². The Bertz CT molecular complexity index is 530. The highest BCUT2D eigenvalue weighted by molar-refractivity contribution is 6.54. The molecule has 1 aliphatic heterocycles. The Labute approximate surface area is 121 Å². The highest BCUT2D eigenvalue weighted by Crippen LogP contribution is 2.20. The summed E-state index contributed by atoms with van der Waals surface area (Å²) < 4.78 is 23.0. The highest BCUT2D eigenvalue weighted by Gasteiger charge is 2.40. The van der Waals surface area contributed by atoms with Crippen LogP contribution in [0.15, 0.2) is 24.3 Å². The molecule has 1 aromatic rings. The summed E-state index contributed by atoms with van der Waals surface area (Å²) >= 11 is 0. The van der Waals surface area contributed by atoms with Gasteiger partial charge in [0.15, 0.2) is 0 Å². The third-order valence-corrected chi connectivity index (χ3v) is 2.99. The second-order valence-corrected chi connectivity index (χ2v) is 4.73. The summed E-state index contributed by atoms with van der Waals surface area (Å²) in [4.78, 5) is 36.0. The number of hydrogen-bond acceptors (Lipinski definition) is 6. The van der Waals surface area contributed by atoms with Crippen LogP contribution in [0.1, 0.15) is 11.4 Å². The van der Waals surface area contributed by atoms with E-state index >= 15 is 0 Å². The first-order valence-electron chi connectivity index (χ1n) is 6.28. The van der Waals surface area contributed by atoms with E-state index in [9.17, 15) is 18.8 Å². The van der Waals surface area contributed by atoms with Crippen LogP contribution in [0.5, 0.6) is 0 Å². The Morgan fingerprint density at radius 1 is 1.19 bits per heavy atom.